The third-order valence-electron chi connectivity index (χ3n) is 7.07. The number of halogens is 3. The molecule has 13 heteroatoms. The van der Waals surface area contributed by atoms with E-state index in [4.69, 9.17) is 4.74 Å². The molecule has 2 aliphatic rings. The quantitative estimate of drug-likeness (QED) is 0.329. The predicted molar refractivity (Wildman–Crippen MR) is 150 cm³/mol. The zero-order valence-electron chi connectivity index (χ0n) is 22.7. The van der Waals surface area contributed by atoms with Gasteiger partial charge < -0.3 is 30.9 Å². The number of thioether (sulfide) groups is 1. The third-order valence-corrected chi connectivity index (χ3v) is 7.81. The molecular weight excluding hydrogens is 559 g/mol. The highest BCUT2D eigenvalue weighted by Gasteiger charge is 2.33. The van der Waals surface area contributed by atoms with Crippen LogP contribution in [0, 0.1) is 0 Å². The van der Waals surface area contributed by atoms with Crippen LogP contribution in [0.5, 0.6) is 0 Å². The van der Waals surface area contributed by atoms with Gasteiger partial charge in [0.2, 0.25) is 5.91 Å². The highest BCUT2D eigenvalue weighted by molar-refractivity contribution is 7.98. The Bertz CT molecular complexity index is 1220. The summed E-state index contributed by atoms with van der Waals surface area (Å²) < 4.78 is 45.7. The number of nitrogens with one attached hydrogen (secondary N) is 4. The van der Waals surface area contributed by atoms with E-state index in [0.29, 0.717) is 38.7 Å². The number of anilines is 1. The van der Waals surface area contributed by atoms with Gasteiger partial charge in [-0.3, -0.25) is 9.59 Å². The average Bonchev–Trinajstić information content (AvgIpc) is 3.51. The van der Waals surface area contributed by atoms with E-state index in [-0.39, 0.29) is 29.9 Å². The molecular formula is C28H34F3N5O4S. The Hall–Kier alpha value is -3.29. The summed E-state index contributed by atoms with van der Waals surface area (Å²) in [6.45, 7) is 2.01. The standard InChI is InChI=1S/C28H34F3N5O4S/c1-41-20-7-4-18(5-8-20)15-32-23-10-13-40-17-24(23)34-25(37)16-33-26(38)21-14-19(28(29,30)31)6-9-22(21)35-27(39)36-11-2-3-12-36/h4-9,14,23-24,32H,2-3,10-13,15-17H2,1H3,(H,33,38)(H,34,37)(H,35,39)/t23-,24+/m0/s1. The molecule has 0 radical (unpaired) electrons. The van der Waals surface area contributed by atoms with Crippen molar-refractivity contribution in [3.63, 3.8) is 0 Å². The Morgan fingerprint density at radius 2 is 1.78 bits per heavy atom. The number of nitrogens with zero attached hydrogens (tertiary/aromatic N) is 1. The summed E-state index contributed by atoms with van der Waals surface area (Å²) >= 11 is 1.66. The molecule has 4 rings (SSSR count). The Kier molecular flexibility index (Phi) is 10.5. The predicted octanol–water partition coefficient (Wildman–Crippen LogP) is 3.85. The van der Waals surface area contributed by atoms with Gasteiger partial charge in [-0.25, -0.2) is 4.79 Å². The van der Waals surface area contributed by atoms with Crippen LogP contribution in [0.3, 0.4) is 0 Å². The number of ether oxygens (including phenoxy) is 1. The number of hydrogen-bond donors (Lipinski definition) is 4. The largest absolute Gasteiger partial charge is 0.416 e. The first-order chi connectivity index (χ1) is 19.6. The molecule has 2 aromatic carbocycles. The van der Waals surface area contributed by atoms with Crippen LogP contribution in [0.15, 0.2) is 47.4 Å². The van der Waals surface area contributed by atoms with Gasteiger partial charge in [0.1, 0.15) is 0 Å². The van der Waals surface area contributed by atoms with Crippen molar-refractivity contribution >= 4 is 35.3 Å². The molecule has 41 heavy (non-hydrogen) atoms. The van der Waals surface area contributed by atoms with Crippen molar-refractivity contribution in [1.82, 2.24) is 20.9 Å². The summed E-state index contributed by atoms with van der Waals surface area (Å²) in [6, 6.07) is 9.77. The van der Waals surface area contributed by atoms with Crippen LogP contribution in [0.1, 0.15) is 40.7 Å². The van der Waals surface area contributed by atoms with Gasteiger partial charge in [-0.1, -0.05) is 12.1 Å². The molecule has 2 saturated heterocycles. The molecule has 0 unspecified atom stereocenters. The van der Waals surface area contributed by atoms with E-state index < -0.39 is 36.1 Å². The first-order valence-corrected chi connectivity index (χ1v) is 14.7. The highest BCUT2D eigenvalue weighted by Crippen LogP contribution is 2.32. The Labute approximate surface area is 240 Å². The Morgan fingerprint density at radius 3 is 2.46 bits per heavy atom. The number of carbonyl (C=O) groups is 3. The van der Waals surface area contributed by atoms with Crippen molar-refractivity contribution in [2.24, 2.45) is 0 Å². The number of benzene rings is 2. The molecule has 2 heterocycles. The molecule has 4 N–H and O–H groups in total. The van der Waals surface area contributed by atoms with Gasteiger partial charge in [0.05, 0.1) is 36.0 Å². The monoisotopic (exact) mass is 593 g/mol. The fourth-order valence-corrected chi connectivity index (χ4v) is 5.17. The molecule has 9 nitrogen and oxygen atoms in total. The second-order valence-corrected chi connectivity index (χ2v) is 10.8. The van der Waals surface area contributed by atoms with Crippen LogP contribution >= 0.6 is 11.8 Å². The summed E-state index contributed by atoms with van der Waals surface area (Å²) in [5.41, 5.74) is -0.389. The maximum Gasteiger partial charge on any atom is 0.416 e. The topological polar surface area (TPSA) is 112 Å². The second-order valence-electron chi connectivity index (χ2n) is 9.94. The first kappa shape index (κ1) is 30.7. The van der Waals surface area contributed by atoms with E-state index in [2.05, 4.69) is 21.3 Å². The number of hydrogen-bond acceptors (Lipinski definition) is 6. The number of amides is 4. The maximum atomic E-state index is 13.4. The molecule has 2 fully saturated rings. The van der Waals surface area contributed by atoms with Gasteiger partial charge >= 0.3 is 12.2 Å². The first-order valence-electron chi connectivity index (χ1n) is 13.4. The summed E-state index contributed by atoms with van der Waals surface area (Å²) in [5, 5.41) is 11.2. The minimum Gasteiger partial charge on any atom is -0.379 e. The molecule has 0 saturated carbocycles. The number of rotatable bonds is 9. The second kappa shape index (κ2) is 14.1. The zero-order valence-corrected chi connectivity index (χ0v) is 23.5. The Balaban J connectivity index is 1.35. The third kappa shape index (κ3) is 8.60. The van der Waals surface area contributed by atoms with Crippen LogP contribution in [0.25, 0.3) is 0 Å². The van der Waals surface area contributed by atoms with E-state index in [1.54, 1.807) is 11.8 Å². The van der Waals surface area contributed by atoms with E-state index in [0.717, 1.165) is 30.5 Å². The van der Waals surface area contributed by atoms with E-state index >= 15 is 0 Å². The zero-order chi connectivity index (χ0) is 29.4. The van der Waals surface area contributed by atoms with Crippen LogP contribution in [-0.4, -0.2) is 73.9 Å². The molecule has 0 bridgehead atoms. The van der Waals surface area contributed by atoms with Gasteiger partial charge in [0, 0.05) is 37.2 Å². The van der Waals surface area contributed by atoms with Gasteiger partial charge in [0.15, 0.2) is 0 Å². The molecule has 4 amide bonds. The average molecular weight is 594 g/mol. The Morgan fingerprint density at radius 1 is 1.05 bits per heavy atom. The highest BCUT2D eigenvalue weighted by atomic mass is 32.2. The van der Waals surface area contributed by atoms with Crippen molar-refractivity contribution in [2.45, 2.75) is 49.0 Å². The maximum absolute atomic E-state index is 13.4. The normalized spacial score (nSPS) is 19.1. The minimum atomic E-state index is -4.69. The fraction of sp³-hybridized carbons (Fsp3) is 0.464. The SMILES string of the molecule is CSc1ccc(CN[C@H]2CCOC[C@H]2NC(=O)CNC(=O)c2cc(C(F)(F)F)ccc2NC(=O)N2CCCC2)cc1. The van der Waals surface area contributed by atoms with Crippen LogP contribution < -0.4 is 21.3 Å². The number of likely N-dealkylation sites (tertiary alicyclic amines) is 1. The molecule has 0 spiro atoms. The smallest absolute Gasteiger partial charge is 0.379 e. The fourth-order valence-electron chi connectivity index (χ4n) is 4.76. The minimum absolute atomic E-state index is 0.0664. The van der Waals surface area contributed by atoms with Gasteiger partial charge in [-0.15, -0.1) is 11.8 Å². The summed E-state index contributed by atoms with van der Waals surface area (Å²) in [4.78, 5) is 40.9. The van der Waals surface area contributed by atoms with Crippen molar-refractivity contribution < 1.29 is 32.3 Å². The van der Waals surface area contributed by atoms with Gasteiger partial charge in [-0.2, -0.15) is 13.2 Å². The van der Waals surface area contributed by atoms with E-state index in [9.17, 15) is 27.6 Å². The molecule has 222 valence electrons. The lowest BCUT2D eigenvalue weighted by Crippen LogP contribution is -2.56. The van der Waals surface area contributed by atoms with Crippen LogP contribution in [0.4, 0.5) is 23.7 Å². The molecule has 0 aromatic heterocycles. The molecule has 2 aliphatic heterocycles. The lowest BCUT2D eigenvalue weighted by molar-refractivity contribution is -0.137. The van der Waals surface area contributed by atoms with Crippen molar-refractivity contribution in [3.05, 3.63) is 59.2 Å². The molecule has 2 aromatic rings. The lowest BCUT2D eigenvalue weighted by Gasteiger charge is -2.33. The van der Waals surface area contributed by atoms with Gasteiger partial charge in [-0.05, 0) is 61.4 Å². The van der Waals surface area contributed by atoms with Crippen molar-refractivity contribution in [3.8, 4) is 0 Å². The number of alkyl halides is 3. The van der Waals surface area contributed by atoms with Crippen molar-refractivity contribution in [2.75, 3.05) is 44.4 Å². The molecule has 2 atom stereocenters. The number of urea groups is 1. The number of carbonyl (C=O) groups excluding carboxylic acids is 3. The summed E-state index contributed by atoms with van der Waals surface area (Å²) in [7, 11) is 0. The van der Waals surface area contributed by atoms with Crippen LogP contribution in [-0.2, 0) is 22.3 Å². The lowest BCUT2D eigenvalue weighted by atomic mass is 10.0. The van der Waals surface area contributed by atoms with E-state index in [1.165, 1.54) is 9.80 Å². The van der Waals surface area contributed by atoms with Gasteiger partial charge in [0.25, 0.3) is 5.91 Å². The van der Waals surface area contributed by atoms with Crippen molar-refractivity contribution in [1.29, 1.82) is 0 Å². The van der Waals surface area contributed by atoms with E-state index in [1.807, 2.05) is 30.5 Å². The summed E-state index contributed by atoms with van der Waals surface area (Å²) in [6.07, 6.45) is -0.349. The molecule has 0 aliphatic carbocycles. The van der Waals surface area contributed by atoms with Crippen LogP contribution in [0.2, 0.25) is 0 Å². The summed E-state index contributed by atoms with van der Waals surface area (Å²) in [5.74, 6) is -1.43.